The normalized spacial score (nSPS) is 11.5. The van der Waals surface area contributed by atoms with Gasteiger partial charge < -0.3 is 9.47 Å². The summed E-state index contributed by atoms with van der Waals surface area (Å²) in [6.45, 7) is 2.44. The summed E-state index contributed by atoms with van der Waals surface area (Å²) in [5.74, 6) is -10.7. The molecule has 46 heavy (non-hydrogen) atoms. The molecule has 1 heterocycles. The highest BCUT2D eigenvalue weighted by Gasteiger charge is 2.41. The molecule has 0 fully saturated rings. The van der Waals surface area contributed by atoms with E-state index in [9.17, 15) is 30.7 Å². The highest BCUT2D eigenvalue weighted by molar-refractivity contribution is 5.72. The van der Waals surface area contributed by atoms with Crippen LogP contribution >= 0.6 is 0 Å². The van der Waals surface area contributed by atoms with E-state index in [0.717, 1.165) is 37.1 Å². The van der Waals surface area contributed by atoms with E-state index in [2.05, 4.69) is 9.72 Å². The first-order valence-corrected chi connectivity index (χ1v) is 13.8. The summed E-state index contributed by atoms with van der Waals surface area (Å²) in [6.07, 6.45) is -1.52. The Kier molecular flexibility index (Phi) is 9.27. The summed E-state index contributed by atoms with van der Waals surface area (Å²) in [7, 11) is 0. The van der Waals surface area contributed by atoms with E-state index < -0.39 is 58.1 Å². The number of nitrogens with zero attached hydrogens (tertiary/aromatic N) is 1. The third-order valence-electron chi connectivity index (χ3n) is 6.89. The maximum Gasteiger partial charge on any atom is 0.432 e. The first-order valence-electron chi connectivity index (χ1n) is 13.8. The van der Waals surface area contributed by atoms with E-state index in [1.54, 1.807) is 0 Å². The van der Waals surface area contributed by atoms with Crippen LogP contribution in [0.5, 0.6) is 11.5 Å². The van der Waals surface area contributed by atoms with E-state index in [4.69, 9.17) is 4.74 Å². The molecular formula is C34H22F9NO2. The number of alkyl halides is 2. The quantitative estimate of drug-likeness (QED) is 0.0859. The van der Waals surface area contributed by atoms with E-state index in [1.165, 1.54) is 24.4 Å². The van der Waals surface area contributed by atoms with Crippen LogP contribution in [-0.4, -0.2) is 11.6 Å². The molecule has 0 atom stereocenters. The molecule has 12 heteroatoms. The van der Waals surface area contributed by atoms with Crippen molar-refractivity contribution in [1.82, 2.24) is 4.98 Å². The van der Waals surface area contributed by atoms with Crippen LogP contribution in [0.15, 0.2) is 79.0 Å². The number of hydrogen-bond donors (Lipinski definition) is 0. The molecule has 0 aliphatic carbocycles. The van der Waals surface area contributed by atoms with Crippen LogP contribution in [0.25, 0.3) is 33.5 Å². The van der Waals surface area contributed by atoms with Gasteiger partial charge in [0.1, 0.15) is 40.3 Å². The Morgan fingerprint density at radius 3 is 1.76 bits per heavy atom. The molecule has 0 aliphatic heterocycles. The van der Waals surface area contributed by atoms with Crippen LogP contribution < -0.4 is 9.47 Å². The number of ether oxygens (including phenoxy) is 2. The second-order valence-corrected chi connectivity index (χ2v) is 10.1. The van der Waals surface area contributed by atoms with Crippen molar-refractivity contribution >= 4 is 0 Å². The molecule has 238 valence electrons. The molecule has 0 saturated heterocycles. The van der Waals surface area contributed by atoms with Crippen LogP contribution in [0.2, 0.25) is 0 Å². The Morgan fingerprint density at radius 2 is 1.17 bits per heavy atom. The van der Waals surface area contributed by atoms with Crippen LogP contribution in [0.4, 0.5) is 39.5 Å². The van der Waals surface area contributed by atoms with Crippen LogP contribution in [0.1, 0.15) is 25.3 Å². The highest BCUT2D eigenvalue weighted by atomic mass is 19.3. The maximum atomic E-state index is 15.0. The molecule has 0 radical (unpaired) electrons. The number of halogens is 9. The van der Waals surface area contributed by atoms with Gasteiger partial charge in [-0.2, -0.15) is 8.78 Å². The van der Waals surface area contributed by atoms with Gasteiger partial charge in [0.2, 0.25) is 0 Å². The summed E-state index contributed by atoms with van der Waals surface area (Å²) >= 11 is 0. The number of aromatic nitrogens is 1. The lowest BCUT2D eigenvalue weighted by molar-refractivity contribution is -0.189. The molecule has 0 spiro atoms. The summed E-state index contributed by atoms with van der Waals surface area (Å²) in [6, 6.07) is 10.8. The SMILES string of the molecule is CCCCOc1ccc(-c2cc(F)c(C(F)(F)Oc3ccc(-c4ccc(-c5cc(F)c(F)c(F)c5)c(F)c4)c(F)c3)c(F)c2)nc1. The van der Waals surface area contributed by atoms with Crippen LogP contribution in [0, 0.1) is 40.7 Å². The third-order valence-corrected chi connectivity index (χ3v) is 6.89. The zero-order valence-corrected chi connectivity index (χ0v) is 23.8. The fraction of sp³-hybridized carbons (Fsp3) is 0.147. The number of benzene rings is 4. The van der Waals surface area contributed by atoms with Gasteiger partial charge in [0, 0.05) is 22.8 Å². The highest BCUT2D eigenvalue weighted by Crippen LogP contribution is 2.38. The van der Waals surface area contributed by atoms with Gasteiger partial charge in [-0.3, -0.25) is 4.98 Å². The largest absolute Gasteiger partial charge is 0.492 e. The van der Waals surface area contributed by atoms with Crippen LogP contribution in [0.3, 0.4) is 0 Å². The average molecular weight is 648 g/mol. The average Bonchev–Trinajstić information content (AvgIpc) is 2.99. The monoisotopic (exact) mass is 647 g/mol. The van der Waals surface area contributed by atoms with Crippen molar-refractivity contribution < 1.29 is 49.0 Å². The Bertz CT molecular complexity index is 1850. The van der Waals surface area contributed by atoms with Gasteiger partial charge in [-0.25, -0.2) is 30.7 Å². The molecule has 0 bridgehead atoms. The molecular weight excluding hydrogens is 625 g/mol. The van der Waals surface area contributed by atoms with Gasteiger partial charge in [-0.05, 0) is 72.1 Å². The minimum absolute atomic E-state index is 0.0931. The van der Waals surface area contributed by atoms with E-state index in [0.29, 0.717) is 42.7 Å². The lowest BCUT2D eigenvalue weighted by Crippen LogP contribution is -2.25. The van der Waals surface area contributed by atoms with Crippen molar-refractivity contribution in [1.29, 1.82) is 0 Å². The van der Waals surface area contributed by atoms with E-state index >= 15 is 8.78 Å². The third kappa shape index (κ3) is 6.80. The zero-order valence-electron chi connectivity index (χ0n) is 23.8. The van der Waals surface area contributed by atoms with Gasteiger partial charge in [0.25, 0.3) is 0 Å². The number of hydrogen-bond acceptors (Lipinski definition) is 3. The molecule has 0 N–H and O–H groups in total. The molecule has 0 unspecified atom stereocenters. The standard InChI is InChI=1S/C34H22F9NO2/c1-2-3-10-45-22-6-9-31(44-17-22)20-14-27(37)32(28(38)15-20)34(42,43)46-21-5-8-23(26(36)16-21)18-4-7-24(25(35)11-18)19-12-29(39)33(41)30(40)13-19/h4-9,11-17H,2-3,10H2,1H3. The number of unbranched alkanes of at least 4 members (excludes halogenated alkanes) is 1. The Balaban J connectivity index is 1.35. The zero-order chi connectivity index (χ0) is 33.2. The van der Waals surface area contributed by atoms with E-state index in [-0.39, 0.29) is 33.5 Å². The smallest absolute Gasteiger partial charge is 0.432 e. The first kappa shape index (κ1) is 32.4. The molecule has 0 saturated carbocycles. The van der Waals surface area contributed by atoms with Gasteiger partial charge in [0.05, 0.1) is 18.5 Å². The molecule has 3 nitrogen and oxygen atoms in total. The topological polar surface area (TPSA) is 31.4 Å². The van der Waals surface area contributed by atoms with Crippen molar-refractivity contribution in [3.8, 4) is 45.0 Å². The summed E-state index contributed by atoms with van der Waals surface area (Å²) in [4.78, 5) is 4.06. The number of pyridine rings is 1. The summed E-state index contributed by atoms with van der Waals surface area (Å²) < 4.78 is 140. The molecule has 1 aromatic heterocycles. The summed E-state index contributed by atoms with van der Waals surface area (Å²) in [5, 5.41) is 0. The van der Waals surface area contributed by atoms with Crippen molar-refractivity contribution in [2.45, 2.75) is 25.9 Å². The van der Waals surface area contributed by atoms with Crippen molar-refractivity contribution in [3.63, 3.8) is 0 Å². The predicted octanol–water partition coefficient (Wildman–Crippen LogP) is 10.4. The van der Waals surface area contributed by atoms with Crippen molar-refractivity contribution in [2.24, 2.45) is 0 Å². The number of rotatable bonds is 10. The Morgan fingerprint density at radius 1 is 0.609 bits per heavy atom. The maximum absolute atomic E-state index is 15.0. The Labute approximate surface area is 256 Å². The fourth-order valence-electron chi connectivity index (χ4n) is 4.59. The molecule has 0 aliphatic rings. The molecule has 5 rings (SSSR count). The second kappa shape index (κ2) is 13.2. The Hall–Kier alpha value is -5.00. The minimum atomic E-state index is -4.58. The second-order valence-electron chi connectivity index (χ2n) is 10.1. The van der Waals surface area contributed by atoms with Gasteiger partial charge in [-0.15, -0.1) is 0 Å². The summed E-state index contributed by atoms with van der Waals surface area (Å²) in [5.41, 5.74) is -2.77. The minimum Gasteiger partial charge on any atom is -0.492 e. The predicted molar refractivity (Wildman–Crippen MR) is 152 cm³/mol. The lowest BCUT2D eigenvalue weighted by Gasteiger charge is -2.20. The lowest BCUT2D eigenvalue weighted by atomic mass is 9.99. The van der Waals surface area contributed by atoms with Gasteiger partial charge in [0.15, 0.2) is 17.5 Å². The first-order chi connectivity index (χ1) is 21.9. The molecule has 0 amide bonds. The van der Waals surface area contributed by atoms with Gasteiger partial charge >= 0.3 is 6.11 Å². The molecule has 5 aromatic rings. The molecule has 4 aromatic carbocycles. The fourth-order valence-corrected chi connectivity index (χ4v) is 4.59. The van der Waals surface area contributed by atoms with Crippen molar-refractivity contribution in [2.75, 3.05) is 6.61 Å². The van der Waals surface area contributed by atoms with Crippen molar-refractivity contribution in [3.05, 3.63) is 125 Å². The van der Waals surface area contributed by atoms with E-state index in [1.807, 2.05) is 6.92 Å². The van der Waals surface area contributed by atoms with Gasteiger partial charge in [-0.1, -0.05) is 25.5 Å². The van der Waals surface area contributed by atoms with Crippen LogP contribution in [-0.2, 0) is 6.11 Å².